The quantitative estimate of drug-likeness (QED) is 0.910. The van der Waals surface area contributed by atoms with Crippen LogP contribution >= 0.6 is 0 Å². The lowest BCUT2D eigenvalue weighted by Gasteiger charge is -2.31. The molecule has 0 spiro atoms. The Hall–Kier alpha value is -1.69. The molecule has 2 aromatic heterocycles. The molecule has 0 aliphatic heterocycles. The lowest BCUT2D eigenvalue weighted by Crippen LogP contribution is -2.33. The van der Waals surface area contributed by atoms with E-state index >= 15 is 0 Å². The summed E-state index contributed by atoms with van der Waals surface area (Å²) in [5.41, 5.74) is 0.321. The van der Waals surface area contributed by atoms with Gasteiger partial charge in [-0.2, -0.15) is 0 Å². The van der Waals surface area contributed by atoms with E-state index in [2.05, 4.69) is 19.9 Å². The van der Waals surface area contributed by atoms with Crippen LogP contribution in [-0.2, 0) is 19.5 Å². The number of rotatable bonds is 5. The number of nitrogens with zero attached hydrogens (tertiary/aromatic N) is 5. The lowest BCUT2D eigenvalue weighted by atomic mass is 9.82. The summed E-state index contributed by atoms with van der Waals surface area (Å²) in [6, 6.07) is 0. The van der Waals surface area contributed by atoms with Gasteiger partial charge in [0.15, 0.2) is 0 Å². The minimum absolute atomic E-state index is 0.569. The average molecular weight is 289 g/mol. The molecule has 1 N–H and O–H groups in total. The van der Waals surface area contributed by atoms with E-state index < -0.39 is 5.60 Å². The van der Waals surface area contributed by atoms with Crippen LogP contribution in [0.15, 0.2) is 18.6 Å². The summed E-state index contributed by atoms with van der Waals surface area (Å²) in [6.07, 6.45) is 11.6. The first kappa shape index (κ1) is 14.3. The molecule has 0 atom stereocenters. The summed E-state index contributed by atoms with van der Waals surface area (Å²) < 4.78 is 3.94. The van der Waals surface area contributed by atoms with Gasteiger partial charge in [0.2, 0.25) is 0 Å². The van der Waals surface area contributed by atoms with Gasteiger partial charge in [0.1, 0.15) is 5.82 Å². The maximum atomic E-state index is 10.6. The van der Waals surface area contributed by atoms with Crippen molar-refractivity contribution in [1.82, 2.24) is 24.5 Å². The second-order valence-electron chi connectivity index (χ2n) is 6.10. The number of hydrogen-bond acceptors (Lipinski definition) is 4. The molecule has 0 aromatic carbocycles. The summed E-state index contributed by atoms with van der Waals surface area (Å²) in [6.45, 7) is 3.59. The molecular weight excluding hydrogens is 266 g/mol. The van der Waals surface area contributed by atoms with E-state index in [4.69, 9.17) is 0 Å². The molecule has 1 saturated carbocycles. The van der Waals surface area contributed by atoms with Gasteiger partial charge in [-0.1, -0.05) is 24.5 Å². The van der Waals surface area contributed by atoms with Crippen molar-refractivity contribution in [3.63, 3.8) is 0 Å². The molecule has 21 heavy (non-hydrogen) atoms. The summed E-state index contributed by atoms with van der Waals surface area (Å²) >= 11 is 0. The standard InChI is InChI=1S/C15H23N5O/c1-13-16-7-8-19(13)9-10-20-12-14(17-18-20)11-15(21)5-3-2-4-6-15/h7-8,12,21H,2-6,9-11H2,1H3. The lowest BCUT2D eigenvalue weighted by molar-refractivity contribution is 0.00364. The molecule has 1 fully saturated rings. The van der Waals surface area contributed by atoms with Crippen LogP contribution in [0.1, 0.15) is 43.6 Å². The van der Waals surface area contributed by atoms with Crippen LogP contribution in [0.4, 0.5) is 0 Å². The molecular formula is C15H23N5O. The number of aliphatic hydroxyl groups is 1. The Bertz CT molecular complexity index is 582. The van der Waals surface area contributed by atoms with Gasteiger partial charge in [0.25, 0.3) is 0 Å². The number of hydrogen-bond donors (Lipinski definition) is 1. The van der Waals surface area contributed by atoms with Crippen molar-refractivity contribution in [2.24, 2.45) is 0 Å². The van der Waals surface area contributed by atoms with Gasteiger partial charge in [0, 0.05) is 31.6 Å². The van der Waals surface area contributed by atoms with Crippen molar-refractivity contribution in [2.75, 3.05) is 0 Å². The van der Waals surface area contributed by atoms with Gasteiger partial charge in [-0.25, -0.2) is 4.98 Å². The fourth-order valence-electron chi connectivity index (χ4n) is 3.10. The summed E-state index contributed by atoms with van der Waals surface area (Å²) in [7, 11) is 0. The third kappa shape index (κ3) is 3.50. The van der Waals surface area contributed by atoms with Crippen LogP contribution in [0.25, 0.3) is 0 Å². The molecule has 0 radical (unpaired) electrons. The molecule has 6 heteroatoms. The zero-order valence-corrected chi connectivity index (χ0v) is 12.6. The van der Waals surface area contributed by atoms with E-state index in [1.54, 1.807) is 6.20 Å². The predicted octanol–water partition coefficient (Wildman–Crippen LogP) is 1.72. The molecule has 1 aliphatic carbocycles. The van der Waals surface area contributed by atoms with E-state index in [0.29, 0.717) is 6.42 Å². The molecule has 0 bridgehead atoms. The van der Waals surface area contributed by atoms with Crippen LogP contribution < -0.4 is 0 Å². The van der Waals surface area contributed by atoms with E-state index in [1.165, 1.54) is 6.42 Å². The van der Waals surface area contributed by atoms with Crippen LogP contribution in [-0.4, -0.2) is 35.3 Å². The molecule has 0 saturated heterocycles. The van der Waals surface area contributed by atoms with Gasteiger partial charge in [0.05, 0.1) is 17.8 Å². The first-order chi connectivity index (χ1) is 10.1. The molecule has 3 rings (SSSR count). The molecule has 2 heterocycles. The van der Waals surface area contributed by atoms with Crippen molar-refractivity contribution in [3.05, 3.63) is 30.1 Å². The van der Waals surface area contributed by atoms with Crippen LogP contribution in [0.3, 0.4) is 0 Å². The van der Waals surface area contributed by atoms with E-state index in [-0.39, 0.29) is 0 Å². The first-order valence-corrected chi connectivity index (χ1v) is 7.74. The Labute approximate surface area is 124 Å². The van der Waals surface area contributed by atoms with E-state index in [1.807, 2.05) is 24.0 Å². The third-order valence-corrected chi connectivity index (χ3v) is 4.37. The predicted molar refractivity (Wildman–Crippen MR) is 78.7 cm³/mol. The second kappa shape index (κ2) is 5.97. The fraction of sp³-hybridized carbons (Fsp3) is 0.667. The highest BCUT2D eigenvalue weighted by Gasteiger charge is 2.30. The Morgan fingerprint density at radius 1 is 1.24 bits per heavy atom. The fourth-order valence-corrected chi connectivity index (χ4v) is 3.10. The molecule has 6 nitrogen and oxygen atoms in total. The van der Waals surface area contributed by atoms with E-state index in [9.17, 15) is 5.11 Å². The Balaban J connectivity index is 1.57. The highest BCUT2D eigenvalue weighted by Crippen LogP contribution is 2.30. The van der Waals surface area contributed by atoms with Gasteiger partial charge < -0.3 is 9.67 Å². The van der Waals surface area contributed by atoms with Crippen LogP contribution in [0.5, 0.6) is 0 Å². The number of aromatic nitrogens is 5. The monoisotopic (exact) mass is 289 g/mol. The summed E-state index contributed by atoms with van der Waals surface area (Å²) in [5.74, 6) is 1.01. The smallest absolute Gasteiger partial charge is 0.105 e. The number of aryl methyl sites for hydroxylation is 3. The van der Waals surface area contributed by atoms with E-state index in [0.717, 1.165) is 50.3 Å². The maximum Gasteiger partial charge on any atom is 0.105 e. The minimum atomic E-state index is -0.569. The maximum absolute atomic E-state index is 10.6. The molecule has 1 aliphatic rings. The molecule has 2 aromatic rings. The van der Waals surface area contributed by atoms with Crippen LogP contribution in [0, 0.1) is 6.92 Å². The van der Waals surface area contributed by atoms with Crippen molar-refractivity contribution in [1.29, 1.82) is 0 Å². The Morgan fingerprint density at radius 3 is 2.76 bits per heavy atom. The largest absolute Gasteiger partial charge is 0.389 e. The molecule has 0 amide bonds. The number of imidazole rings is 1. The van der Waals surface area contributed by atoms with Crippen molar-refractivity contribution in [2.45, 2.75) is 64.1 Å². The zero-order valence-electron chi connectivity index (χ0n) is 12.6. The zero-order chi connectivity index (χ0) is 14.7. The summed E-state index contributed by atoms with van der Waals surface area (Å²) in [4.78, 5) is 4.21. The van der Waals surface area contributed by atoms with Crippen molar-refractivity contribution < 1.29 is 5.11 Å². The second-order valence-corrected chi connectivity index (χ2v) is 6.10. The Morgan fingerprint density at radius 2 is 2.05 bits per heavy atom. The first-order valence-electron chi connectivity index (χ1n) is 7.74. The topological polar surface area (TPSA) is 68.8 Å². The van der Waals surface area contributed by atoms with Gasteiger partial charge in [-0.15, -0.1) is 5.10 Å². The van der Waals surface area contributed by atoms with Gasteiger partial charge in [-0.05, 0) is 19.8 Å². The Kier molecular flexibility index (Phi) is 4.05. The SMILES string of the molecule is Cc1nccn1CCn1cc(CC2(O)CCCCC2)nn1. The van der Waals surface area contributed by atoms with Gasteiger partial charge in [-0.3, -0.25) is 4.68 Å². The minimum Gasteiger partial charge on any atom is -0.389 e. The third-order valence-electron chi connectivity index (χ3n) is 4.37. The normalized spacial score (nSPS) is 18.0. The average Bonchev–Trinajstić information content (AvgIpc) is 3.06. The van der Waals surface area contributed by atoms with Crippen LogP contribution in [0.2, 0.25) is 0 Å². The summed E-state index contributed by atoms with van der Waals surface area (Å²) in [5, 5.41) is 18.9. The van der Waals surface area contributed by atoms with Gasteiger partial charge >= 0.3 is 0 Å². The highest BCUT2D eigenvalue weighted by molar-refractivity contribution is 5.00. The molecule has 114 valence electrons. The van der Waals surface area contributed by atoms with Crippen molar-refractivity contribution in [3.8, 4) is 0 Å². The highest BCUT2D eigenvalue weighted by atomic mass is 16.3. The van der Waals surface area contributed by atoms with Crippen molar-refractivity contribution >= 4 is 0 Å². The molecule has 0 unspecified atom stereocenters.